The number of aliphatic imine (C=N–C) groups is 1. The van der Waals surface area contributed by atoms with Gasteiger partial charge in [-0.1, -0.05) is 29.3 Å². The fraction of sp³-hybridized carbons (Fsp3) is 0.267. The highest BCUT2D eigenvalue weighted by Crippen LogP contribution is 2.38. The van der Waals surface area contributed by atoms with Gasteiger partial charge in [-0.2, -0.15) is 4.98 Å². The Morgan fingerprint density at radius 1 is 1.29 bits per heavy atom. The molecule has 1 aromatic heterocycles. The van der Waals surface area contributed by atoms with Crippen molar-refractivity contribution >= 4 is 33.6 Å². The van der Waals surface area contributed by atoms with Crippen LogP contribution in [0, 0.1) is 0 Å². The van der Waals surface area contributed by atoms with Gasteiger partial charge in [-0.15, -0.1) is 0 Å². The van der Waals surface area contributed by atoms with E-state index in [4.69, 9.17) is 4.74 Å². The van der Waals surface area contributed by atoms with Crippen molar-refractivity contribution in [2.24, 2.45) is 4.99 Å². The second-order valence-electron chi connectivity index (χ2n) is 4.70. The van der Waals surface area contributed by atoms with Gasteiger partial charge >= 0.3 is 0 Å². The van der Waals surface area contributed by atoms with E-state index in [1.54, 1.807) is 6.21 Å². The molecule has 6 heteroatoms. The molecule has 0 radical (unpaired) electrons. The van der Waals surface area contributed by atoms with Gasteiger partial charge in [-0.25, -0.2) is 9.98 Å². The molecular weight excluding hydrogens is 332 g/mol. The molecule has 0 saturated carbocycles. The Balaban J connectivity index is 1.95. The molecule has 0 aliphatic carbocycles. The highest BCUT2D eigenvalue weighted by Gasteiger charge is 2.17. The summed E-state index contributed by atoms with van der Waals surface area (Å²) in [6.07, 6.45) is 5.47. The van der Waals surface area contributed by atoms with Crippen molar-refractivity contribution in [2.45, 2.75) is 19.8 Å². The second kappa shape index (κ2) is 6.22. The summed E-state index contributed by atoms with van der Waals surface area (Å²) in [7, 11) is 0. The number of halogens is 1. The maximum Gasteiger partial charge on any atom is 0.250 e. The molecular formula is C15H15BrN4O. The minimum atomic E-state index is 0.473. The number of benzene rings is 1. The summed E-state index contributed by atoms with van der Waals surface area (Å²) in [5.74, 6) is 1.91. The van der Waals surface area contributed by atoms with Crippen molar-refractivity contribution in [1.29, 1.82) is 0 Å². The van der Waals surface area contributed by atoms with Crippen molar-refractivity contribution in [3.05, 3.63) is 34.6 Å². The number of nitrogens with one attached hydrogen (secondary N) is 1. The number of rotatable bonds is 4. The van der Waals surface area contributed by atoms with Gasteiger partial charge in [-0.05, 0) is 24.6 Å². The van der Waals surface area contributed by atoms with E-state index in [1.165, 1.54) is 6.33 Å². The zero-order valence-corrected chi connectivity index (χ0v) is 13.2. The standard InChI is InChI=1S/C15H15BrN4O/c1-2-3-6-17-14-13-15(20-9-19-14)21-12-5-4-11(16)7-10(12)8-18-13/h4-5,7-9H,2-3,6H2,1H3,(H,17,19,20). The summed E-state index contributed by atoms with van der Waals surface area (Å²) in [4.78, 5) is 12.9. The number of fused-ring (bicyclic) bond motifs is 2. The maximum absolute atomic E-state index is 5.87. The molecule has 0 spiro atoms. The predicted octanol–water partition coefficient (Wildman–Crippen LogP) is 4.31. The molecule has 1 aliphatic heterocycles. The highest BCUT2D eigenvalue weighted by atomic mass is 79.9. The van der Waals surface area contributed by atoms with E-state index in [1.807, 2.05) is 18.2 Å². The molecule has 0 unspecified atom stereocenters. The van der Waals surface area contributed by atoms with Crippen LogP contribution in [-0.2, 0) is 0 Å². The van der Waals surface area contributed by atoms with E-state index in [0.717, 1.165) is 35.2 Å². The summed E-state index contributed by atoms with van der Waals surface area (Å²) in [6.45, 7) is 3.01. The molecule has 0 saturated heterocycles. The van der Waals surface area contributed by atoms with Crippen molar-refractivity contribution in [1.82, 2.24) is 9.97 Å². The molecule has 2 aromatic rings. The van der Waals surface area contributed by atoms with Crippen LogP contribution in [0.5, 0.6) is 11.6 Å². The van der Waals surface area contributed by atoms with Gasteiger partial charge in [0.05, 0.1) is 0 Å². The van der Waals surface area contributed by atoms with Gasteiger partial charge in [0.25, 0.3) is 5.88 Å². The van der Waals surface area contributed by atoms with Gasteiger partial charge in [0.15, 0.2) is 11.5 Å². The van der Waals surface area contributed by atoms with Gasteiger partial charge < -0.3 is 10.1 Å². The lowest BCUT2D eigenvalue weighted by Crippen LogP contribution is -2.04. The zero-order valence-electron chi connectivity index (χ0n) is 11.6. The van der Waals surface area contributed by atoms with Crippen LogP contribution in [0.1, 0.15) is 25.3 Å². The Labute approximate surface area is 131 Å². The lowest BCUT2D eigenvalue weighted by molar-refractivity contribution is 0.464. The Bertz CT molecular complexity index is 687. The van der Waals surface area contributed by atoms with Crippen LogP contribution in [0.4, 0.5) is 11.5 Å². The molecule has 5 nitrogen and oxygen atoms in total. The summed E-state index contributed by atoms with van der Waals surface area (Å²) < 4.78 is 6.85. The summed E-state index contributed by atoms with van der Waals surface area (Å²) >= 11 is 3.45. The first kappa shape index (κ1) is 14.0. The number of aromatic nitrogens is 2. The van der Waals surface area contributed by atoms with Crippen LogP contribution in [0.2, 0.25) is 0 Å². The average molecular weight is 347 g/mol. The normalized spacial score (nSPS) is 12.1. The second-order valence-corrected chi connectivity index (χ2v) is 5.61. The largest absolute Gasteiger partial charge is 0.436 e. The van der Waals surface area contributed by atoms with Crippen LogP contribution < -0.4 is 10.1 Å². The van der Waals surface area contributed by atoms with Crippen molar-refractivity contribution < 1.29 is 4.74 Å². The van der Waals surface area contributed by atoms with Gasteiger partial charge in [-0.3, -0.25) is 0 Å². The molecule has 108 valence electrons. The van der Waals surface area contributed by atoms with Gasteiger partial charge in [0, 0.05) is 22.8 Å². The molecule has 0 amide bonds. The van der Waals surface area contributed by atoms with E-state index >= 15 is 0 Å². The third kappa shape index (κ3) is 3.05. The molecule has 2 heterocycles. The Kier molecular flexibility index (Phi) is 4.15. The van der Waals surface area contributed by atoms with Crippen molar-refractivity contribution in [3.8, 4) is 11.6 Å². The van der Waals surface area contributed by atoms with Crippen LogP contribution in [0.3, 0.4) is 0 Å². The predicted molar refractivity (Wildman–Crippen MR) is 86.9 cm³/mol. The molecule has 1 N–H and O–H groups in total. The Morgan fingerprint density at radius 3 is 3.05 bits per heavy atom. The van der Waals surface area contributed by atoms with Gasteiger partial charge in [0.1, 0.15) is 12.1 Å². The van der Waals surface area contributed by atoms with Crippen molar-refractivity contribution in [2.75, 3.05) is 11.9 Å². The molecule has 1 aliphatic rings. The molecule has 3 rings (SSSR count). The monoisotopic (exact) mass is 346 g/mol. The van der Waals surface area contributed by atoms with E-state index in [2.05, 4.69) is 43.1 Å². The zero-order chi connectivity index (χ0) is 14.7. The van der Waals surface area contributed by atoms with Crippen LogP contribution in [-0.4, -0.2) is 22.7 Å². The summed E-state index contributed by atoms with van der Waals surface area (Å²) in [5.41, 5.74) is 1.54. The topological polar surface area (TPSA) is 59.4 Å². The summed E-state index contributed by atoms with van der Waals surface area (Å²) in [6, 6.07) is 5.79. The molecule has 1 aromatic carbocycles. The van der Waals surface area contributed by atoms with E-state index in [9.17, 15) is 0 Å². The van der Waals surface area contributed by atoms with Crippen molar-refractivity contribution in [3.63, 3.8) is 0 Å². The SMILES string of the molecule is CCCCNc1ncnc2c1N=Cc1cc(Br)ccc1O2. The van der Waals surface area contributed by atoms with E-state index in [-0.39, 0.29) is 0 Å². The average Bonchev–Trinajstić information content (AvgIpc) is 2.67. The number of hydrogen-bond acceptors (Lipinski definition) is 5. The van der Waals surface area contributed by atoms with Gasteiger partial charge in [0.2, 0.25) is 0 Å². The maximum atomic E-state index is 5.87. The summed E-state index contributed by atoms with van der Waals surface area (Å²) in [5, 5.41) is 3.29. The fourth-order valence-corrected chi connectivity index (χ4v) is 2.40. The lowest BCUT2D eigenvalue weighted by atomic mass is 10.2. The third-order valence-electron chi connectivity index (χ3n) is 3.12. The Morgan fingerprint density at radius 2 is 2.19 bits per heavy atom. The third-order valence-corrected chi connectivity index (χ3v) is 3.62. The number of ether oxygens (including phenoxy) is 1. The molecule has 0 atom stereocenters. The first-order chi connectivity index (χ1) is 10.3. The smallest absolute Gasteiger partial charge is 0.250 e. The lowest BCUT2D eigenvalue weighted by Gasteiger charge is -2.10. The number of nitrogens with zero attached hydrogens (tertiary/aromatic N) is 3. The first-order valence-electron chi connectivity index (χ1n) is 6.88. The molecule has 21 heavy (non-hydrogen) atoms. The van der Waals surface area contributed by atoms with E-state index < -0.39 is 0 Å². The molecule has 0 fully saturated rings. The van der Waals surface area contributed by atoms with Crippen LogP contribution in [0.15, 0.2) is 34.0 Å². The highest BCUT2D eigenvalue weighted by molar-refractivity contribution is 9.10. The number of hydrogen-bond donors (Lipinski definition) is 1. The Hall–Kier alpha value is -1.95. The number of anilines is 1. The first-order valence-corrected chi connectivity index (χ1v) is 7.67. The minimum Gasteiger partial charge on any atom is -0.436 e. The number of unbranched alkanes of at least 4 members (excludes halogenated alkanes) is 1. The quantitative estimate of drug-likeness (QED) is 0.715. The van der Waals surface area contributed by atoms with Crippen LogP contribution in [0.25, 0.3) is 0 Å². The minimum absolute atomic E-state index is 0.473. The fourth-order valence-electron chi connectivity index (χ4n) is 2.02. The van der Waals surface area contributed by atoms with E-state index in [0.29, 0.717) is 17.4 Å². The molecule has 0 bridgehead atoms. The van der Waals surface area contributed by atoms with Crippen LogP contribution >= 0.6 is 15.9 Å².